The molecule has 1 spiro atoms. The van der Waals surface area contributed by atoms with Gasteiger partial charge in [0.05, 0.1) is 39.4 Å². The number of ketones is 2. The summed E-state index contributed by atoms with van der Waals surface area (Å²) in [5.74, 6) is -0.331. The third-order valence-corrected chi connectivity index (χ3v) is 14.3. The quantitative estimate of drug-likeness (QED) is 0.104. The Balaban J connectivity index is 1.18. The van der Waals surface area contributed by atoms with Crippen molar-refractivity contribution in [3.05, 3.63) is 149 Å². The Morgan fingerprint density at radius 2 is 1.29 bits per heavy atom. The van der Waals surface area contributed by atoms with Crippen LogP contribution in [0.25, 0.3) is 51.8 Å². The first-order chi connectivity index (χ1) is 24.9. The molecule has 1 fully saturated rings. The zero-order valence-corrected chi connectivity index (χ0v) is 29.2. The fraction of sp³-hybridized carbons (Fsp3) is 0.143. The molecule has 4 aliphatic carbocycles. The Hall–Kier alpha value is -5.94. The summed E-state index contributed by atoms with van der Waals surface area (Å²) in [6.07, 6.45) is 11.2. The SMILES string of the molecule is [C-]#[N+]C(C#N)=C1/C(=C/c2cc3sc4c5c(sc4c3s2)C=C(/C=C2\C(=O)c3ccccc3\C2=C(\C#N)[N+]#[C-])C52CCCCC2)C(=O)c2ccccc21. The second-order valence-electron chi connectivity index (χ2n) is 12.9. The van der Waals surface area contributed by atoms with Gasteiger partial charge < -0.3 is 0 Å². The normalized spacial score (nSPS) is 20.6. The summed E-state index contributed by atoms with van der Waals surface area (Å²) >= 11 is 5.12. The van der Waals surface area contributed by atoms with Crippen LogP contribution in [0.2, 0.25) is 0 Å². The van der Waals surface area contributed by atoms with Crippen molar-refractivity contribution in [3.8, 4) is 12.1 Å². The van der Waals surface area contributed by atoms with E-state index in [4.69, 9.17) is 13.1 Å². The maximum atomic E-state index is 13.8. The van der Waals surface area contributed by atoms with Crippen molar-refractivity contribution >= 4 is 87.7 Å². The Bertz CT molecular complexity index is 2780. The highest BCUT2D eigenvalue weighted by Gasteiger charge is 2.46. The topological polar surface area (TPSA) is 90.4 Å². The van der Waals surface area contributed by atoms with Gasteiger partial charge >= 0.3 is 0 Å². The van der Waals surface area contributed by atoms with E-state index in [2.05, 4.69) is 21.8 Å². The predicted octanol–water partition coefficient (Wildman–Crippen LogP) is 11.2. The summed E-state index contributed by atoms with van der Waals surface area (Å²) in [5, 5.41) is 19.6. The van der Waals surface area contributed by atoms with E-state index in [0.29, 0.717) is 44.5 Å². The van der Waals surface area contributed by atoms with E-state index in [1.807, 2.05) is 48.6 Å². The minimum atomic E-state index is -0.267. The highest BCUT2D eigenvalue weighted by atomic mass is 32.1. The lowest BCUT2D eigenvalue weighted by molar-refractivity contribution is 0.103. The molecule has 51 heavy (non-hydrogen) atoms. The minimum Gasteiger partial charge on any atom is -0.289 e. The molecule has 3 aromatic heterocycles. The molecule has 0 bridgehead atoms. The third kappa shape index (κ3) is 4.34. The number of carbonyl (C=O) groups excluding carboxylic acids is 2. The highest BCUT2D eigenvalue weighted by molar-refractivity contribution is 7.39. The van der Waals surface area contributed by atoms with Crippen molar-refractivity contribution < 1.29 is 9.59 Å². The standard InChI is InChI=1S/C42H22N4O2S3/c1-45-30(20-43)34-24-10-4-6-12-26(24)37(47)28(34)16-22-17-32-36(42(22)14-8-3-9-15-42)40-41(50-32)39-33(51-40)19-23(49-39)18-29-35(31(21-44)46-2)25-11-5-7-13-27(25)38(29)48/h4-7,10-13,16-19H,3,8-9,14-15H2/b28-16-,29-18-,34-30+,35-31?. The van der Waals surface area contributed by atoms with Crippen LogP contribution in [-0.4, -0.2) is 11.6 Å². The number of nitrogens with zero attached hydrogens (tertiary/aromatic N) is 4. The van der Waals surface area contributed by atoms with Crippen molar-refractivity contribution in [3.63, 3.8) is 0 Å². The number of thiophene rings is 3. The smallest absolute Gasteiger partial charge is 0.270 e. The monoisotopic (exact) mass is 710 g/mol. The van der Waals surface area contributed by atoms with Crippen molar-refractivity contribution in [2.75, 3.05) is 0 Å². The summed E-state index contributed by atoms with van der Waals surface area (Å²) < 4.78 is 4.74. The molecule has 5 aromatic rings. The zero-order chi connectivity index (χ0) is 35.0. The van der Waals surface area contributed by atoms with Crippen molar-refractivity contribution in [1.82, 2.24) is 0 Å². The molecule has 1 saturated carbocycles. The molecule has 9 rings (SSSR count). The molecule has 0 unspecified atom stereocenters. The molecule has 4 aliphatic rings. The van der Waals surface area contributed by atoms with Gasteiger partial charge in [-0.1, -0.05) is 67.8 Å². The van der Waals surface area contributed by atoms with Gasteiger partial charge in [-0.25, -0.2) is 20.2 Å². The molecule has 0 radical (unpaired) electrons. The van der Waals surface area contributed by atoms with E-state index in [9.17, 15) is 20.1 Å². The van der Waals surface area contributed by atoms with Gasteiger partial charge in [0, 0.05) is 53.3 Å². The molecule has 0 saturated heterocycles. The molecule has 2 aromatic carbocycles. The number of carbonyl (C=O) groups is 2. The van der Waals surface area contributed by atoms with Crippen LogP contribution in [0.15, 0.2) is 88.8 Å². The molecule has 3 heterocycles. The second kappa shape index (κ2) is 11.6. The average molecular weight is 711 g/mol. The fourth-order valence-electron chi connectivity index (χ4n) is 8.30. The van der Waals surface area contributed by atoms with Crippen LogP contribution in [0, 0.1) is 35.8 Å². The lowest BCUT2D eigenvalue weighted by Crippen LogP contribution is -2.28. The zero-order valence-electron chi connectivity index (χ0n) is 26.8. The van der Waals surface area contributed by atoms with Crippen LogP contribution in [0.4, 0.5) is 0 Å². The minimum absolute atomic E-state index is 0.0685. The Labute approximate surface area is 305 Å². The van der Waals surface area contributed by atoms with Gasteiger partial charge in [-0.2, -0.15) is 0 Å². The molecule has 0 atom stereocenters. The van der Waals surface area contributed by atoms with Crippen molar-refractivity contribution in [2.45, 2.75) is 37.5 Å². The van der Waals surface area contributed by atoms with Gasteiger partial charge in [0.15, 0.2) is 11.6 Å². The number of allylic oxidation sites excluding steroid dienone is 8. The molecular formula is C42H22N4O2S3. The molecule has 9 heteroatoms. The second-order valence-corrected chi connectivity index (χ2v) is 16.1. The first-order valence-corrected chi connectivity index (χ1v) is 18.8. The van der Waals surface area contributed by atoms with Crippen LogP contribution in [0.5, 0.6) is 0 Å². The summed E-state index contributed by atoms with van der Waals surface area (Å²) in [6.45, 7) is 15.3. The van der Waals surface area contributed by atoms with Gasteiger partial charge in [-0.15, -0.1) is 34.0 Å². The van der Waals surface area contributed by atoms with Crippen LogP contribution >= 0.6 is 34.0 Å². The van der Waals surface area contributed by atoms with Crippen molar-refractivity contribution in [2.24, 2.45) is 0 Å². The molecular weight excluding hydrogens is 689 g/mol. The van der Waals surface area contributed by atoms with Crippen molar-refractivity contribution in [1.29, 1.82) is 10.5 Å². The van der Waals surface area contributed by atoms with Gasteiger partial charge in [0.2, 0.25) is 0 Å². The first-order valence-electron chi connectivity index (χ1n) is 16.4. The van der Waals surface area contributed by atoms with Crippen LogP contribution in [-0.2, 0) is 5.41 Å². The number of Topliss-reactive ketones (excluding diaryl/α,β-unsaturated/α-hetero) is 2. The highest BCUT2D eigenvalue weighted by Crippen LogP contribution is 2.60. The van der Waals surface area contributed by atoms with Gasteiger partial charge in [0.1, 0.15) is 0 Å². The van der Waals surface area contributed by atoms with E-state index < -0.39 is 0 Å². The molecule has 0 aliphatic heterocycles. The van der Waals surface area contributed by atoms with E-state index in [-0.39, 0.29) is 28.4 Å². The van der Waals surface area contributed by atoms with E-state index >= 15 is 0 Å². The van der Waals surface area contributed by atoms with E-state index in [1.54, 1.807) is 58.3 Å². The Morgan fingerprint density at radius 3 is 1.86 bits per heavy atom. The fourth-order valence-corrected chi connectivity index (χ4v) is 12.7. The summed E-state index contributed by atoms with van der Waals surface area (Å²) in [6, 6.07) is 20.5. The maximum absolute atomic E-state index is 13.8. The summed E-state index contributed by atoms with van der Waals surface area (Å²) in [4.78, 5) is 36.4. The van der Waals surface area contributed by atoms with Crippen LogP contribution < -0.4 is 0 Å². The number of hydrogen-bond donors (Lipinski definition) is 0. The molecule has 6 nitrogen and oxygen atoms in total. The van der Waals surface area contributed by atoms with Crippen LogP contribution in [0.1, 0.15) is 79.3 Å². The average Bonchev–Trinajstić information content (AvgIpc) is 3.97. The molecule has 0 N–H and O–H groups in total. The van der Waals surface area contributed by atoms with Crippen LogP contribution in [0.3, 0.4) is 0 Å². The van der Waals surface area contributed by atoms with Gasteiger partial charge in [-0.05, 0) is 59.4 Å². The third-order valence-electron chi connectivity index (χ3n) is 10.5. The largest absolute Gasteiger partial charge is 0.289 e. The van der Waals surface area contributed by atoms with E-state index in [0.717, 1.165) is 52.0 Å². The number of hydrogen-bond acceptors (Lipinski definition) is 7. The Kier molecular flexibility index (Phi) is 7.04. The lowest BCUT2D eigenvalue weighted by Gasteiger charge is -2.36. The molecule has 240 valence electrons. The summed E-state index contributed by atoms with van der Waals surface area (Å²) in [7, 11) is 0. The maximum Gasteiger partial charge on any atom is 0.270 e. The summed E-state index contributed by atoms with van der Waals surface area (Å²) in [5.41, 5.74) is 5.89. The first kappa shape index (κ1) is 31.1. The number of nitriles is 2. The lowest BCUT2D eigenvalue weighted by atomic mass is 9.67. The number of fused-ring (bicyclic) bond motifs is 8. The van der Waals surface area contributed by atoms with Gasteiger partial charge in [0.25, 0.3) is 11.4 Å². The van der Waals surface area contributed by atoms with Gasteiger partial charge in [-0.3, -0.25) is 9.59 Å². The van der Waals surface area contributed by atoms with E-state index in [1.165, 1.54) is 19.8 Å². The molecule has 0 amide bonds. The Morgan fingerprint density at radius 1 is 0.725 bits per heavy atom. The number of benzene rings is 2. The number of rotatable bonds is 2. The predicted molar refractivity (Wildman–Crippen MR) is 204 cm³/mol.